The van der Waals surface area contributed by atoms with Crippen LogP contribution < -0.4 is 10.6 Å². The van der Waals surface area contributed by atoms with Crippen LogP contribution in [0, 0.1) is 20.8 Å². The number of anilines is 2. The maximum Gasteiger partial charge on any atom is 0.234 e. The first-order valence-corrected chi connectivity index (χ1v) is 10.8. The maximum atomic E-state index is 12.1. The Labute approximate surface area is 173 Å². The first-order valence-electron chi connectivity index (χ1n) is 8.86. The highest BCUT2D eigenvalue weighted by molar-refractivity contribution is 9.10. The van der Waals surface area contributed by atoms with Crippen LogP contribution in [0.1, 0.15) is 29.5 Å². The van der Waals surface area contributed by atoms with E-state index in [0.29, 0.717) is 12.2 Å². The van der Waals surface area contributed by atoms with E-state index in [1.807, 2.05) is 57.2 Å². The van der Waals surface area contributed by atoms with Gasteiger partial charge in [0, 0.05) is 22.3 Å². The fourth-order valence-electron chi connectivity index (χ4n) is 2.58. The van der Waals surface area contributed by atoms with Crippen molar-refractivity contribution in [3.05, 3.63) is 57.6 Å². The molecule has 0 unspecified atom stereocenters. The molecule has 144 valence electrons. The Kier molecular flexibility index (Phi) is 8.38. The van der Waals surface area contributed by atoms with E-state index in [2.05, 4.69) is 26.6 Å². The molecule has 2 N–H and O–H groups in total. The molecule has 4 nitrogen and oxygen atoms in total. The van der Waals surface area contributed by atoms with E-state index in [1.165, 1.54) is 11.8 Å². The summed E-state index contributed by atoms with van der Waals surface area (Å²) in [6.45, 7) is 5.98. The fourth-order valence-corrected chi connectivity index (χ4v) is 3.71. The van der Waals surface area contributed by atoms with Crippen LogP contribution in [-0.2, 0) is 9.59 Å². The Morgan fingerprint density at radius 3 is 2.33 bits per heavy atom. The Morgan fingerprint density at radius 2 is 1.67 bits per heavy atom. The normalized spacial score (nSPS) is 10.5. The molecule has 0 atom stereocenters. The molecule has 2 rings (SSSR count). The number of carbonyl (C=O) groups excluding carboxylic acids is 2. The SMILES string of the molecule is Cc1ccc(NC(=O)CSCCCC(=O)Nc2c(C)cccc2C)cc1Br. The van der Waals surface area contributed by atoms with E-state index in [4.69, 9.17) is 0 Å². The Balaban J connectivity index is 1.65. The predicted molar refractivity (Wildman–Crippen MR) is 119 cm³/mol. The molecule has 0 saturated carbocycles. The van der Waals surface area contributed by atoms with Gasteiger partial charge in [-0.1, -0.05) is 40.2 Å². The van der Waals surface area contributed by atoms with Crippen molar-refractivity contribution >= 4 is 50.9 Å². The molecule has 0 aliphatic carbocycles. The van der Waals surface area contributed by atoms with E-state index >= 15 is 0 Å². The van der Waals surface area contributed by atoms with Crippen LogP contribution >= 0.6 is 27.7 Å². The van der Waals surface area contributed by atoms with Crippen LogP contribution in [0.3, 0.4) is 0 Å². The molecule has 27 heavy (non-hydrogen) atoms. The molecule has 2 aromatic rings. The summed E-state index contributed by atoms with van der Waals surface area (Å²) in [7, 11) is 0. The van der Waals surface area contributed by atoms with E-state index in [9.17, 15) is 9.59 Å². The number of rotatable bonds is 8. The van der Waals surface area contributed by atoms with Crippen LogP contribution in [0.2, 0.25) is 0 Å². The van der Waals surface area contributed by atoms with Crippen molar-refractivity contribution in [2.75, 3.05) is 22.1 Å². The minimum Gasteiger partial charge on any atom is -0.326 e. The highest BCUT2D eigenvalue weighted by atomic mass is 79.9. The third kappa shape index (κ3) is 7.03. The van der Waals surface area contributed by atoms with Crippen molar-refractivity contribution < 1.29 is 9.59 Å². The second kappa shape index (κ2) is 10.5. The van der Waals surface area contributed by atoms with Gasteiger partial charge in [-0.25, -0.2) is 0 Å². The van der Waals surface area contributed by atoms with Crippen LogP contribution in [-0.4, -0.2) is 23.3 Å². The molecule has 6 heteroatoms. The van der Waals surface area contributed by atoms with Gasteiger partial charge in [0.25, 0.3) is 0 Å². The van der Waals surface area contributed by atoms with Gasteiger partial charge in [-0.2, -0.15) is 11.8 Å². The van der Waals surface area contributed by atoms with Gasteiger partial charge in [0.05, 0.1) is 5.75 Å². The molecule has 0 bridgehead atoms. The van der Waals surface area contributed by atoms with Gasteiger partial charge in [0.2, 0.25) is 11.8 Å². The summed E-state index contributed by atoms with van der Waals surface area (Å²) in [4.78, 5) is 24.1. The Bertz CT molecular complexity index is 804. The van der Waals surface area contributed by atoms with Crippen LogP contribution in [0.15, 0.2) is 40.9 Å². The lowest BCUT2D eigenvalue weighted by Crippen LogP contribution is -2.15. The largest absolute Gasteiger partial charge is 0.326 e. The lowest BCUT2D eigenvalue weighted by Gasteiger charge is -2.11. The van der Waals surface area contributed by atoms with Gasteiger partial charge in [-0.15, -0.1) is 0 Å². The monoisotopic (exact) mass is 448 g/mol. The summed E-state index contributed by atoms with van der Waals surface area (Å²) in [5, 5.41) is 5.87. The van der Waals surface area contributed by atoms with Crippen LogP contribution in [0.25, 0.3) is 0 Å². The molecule has 2 amide bonds. The Hall–Kier alpha value is -1.79. The summed E-state index contributed by atoms with van der Waals surface area (Å²) < 4.78 is 0.975. The summed E-state index contributed by atoms with van der Waals surface area (Å²) in [6.07, 6.45) is 1.19. The molecule has 0 aromatic heterocycles. The van der Waals surface area contributed by atoms with Crippen LogP contribution in [0.5, 0.6) is 0 Å². The van der Waals surface area contributed by atoms with Gasteiger partial charge in [-0.05, 0) is 61.8 Å². The minimum absolute atomic E-state index is 0.0157. The molecule has 0 fully saturated rings. The molecule has 0 heterocycles. The number of carbonyl (C=O) groups is 2. The van der Waals surface area contributed by atoms with Gasteiger partial charge in [0.15, 0.2) is 0 Å². The minimum atomic E-state index is -0.0317. The molecule has 0 radical (unpaired) electrons. The molecular formula is C21H25BrN2O2S. The second-order valence-corrected chi connectivity index (χ2v) is 8.44. The number of amides is 2. The fraction of sp³-hybridized carbons (Fsp3) is 0.333. The smallest absolute Gasteiger partial charge is 0.234 e. The predicted octanol–water partition coefficient (Wildman–Crippen LogP) is 5.46. The number of aryl methyl sites for hydroxylation is 3. The van der Waals surface area contributed by atoms with E-state index < -0.39 is 0 Å². The van der Waals surface area contributed by atoms with E-state index in [-0.39, 0.29) is 11.8 Å². The summed E-state index contributed by atoms with van der Waals surface area (Å²) in [5.41, 5.74) is 4.95. The third-order valence-corrected chi connectivity index (χ3v) is 6.02. The van der Waals surface area contributed by atoms with Crippen molar-refractivity contribution in [2.24, 2.45) is 0 Å². The quantitative estimate of drug-likeness (QED) is 0.526. The highest BCUT2D eigenvalue weighted by Gasteiger charge is 2.08. The number of para-hydroxylation sites is 1. The summed E-state index contributed by atoms with van der Waals surface area (Å²) >= 11 is 5.00. The second-order valence-electron chi connectivity index (χ2n) is 6.48. The van der Waals surface area contributed by atoms with E-state index in [1.54, 1.807) is 0 Å². The topological polar surface area (TPSA) is 58.2 Å². The zero-order valence-corrected chi connectivity index (χ0v) is 18.3. The Morgan fingerprint density at radius 1 is 0.963 bits per heavy atom. The lowest BCUT2D eigenvalue weighted by atomic mass is 10.1. The average molecular weight is 449 g/mol. The summed E-state index contributed by atoms with van der Waals surface area (Å²) in [6, 6.07) is 11.7. The van der Waals surface area contributed by atoms with Crippen molar-refractivity contribution in [3.8, 4) is 0 Å². The van der Waals surface area contributed by atoms with Crippen molar-refractivity contribution in [1.82, 2.24) is 0 Å². The van der Waals surface area contributed by atoms with Gasteiger partial charge >= 0.3 is 0 Å². The van der Waals surface area contributed by atoms with E-state index in [0.717, 1.165) is 44.7 Å². The number of benzene rings is 2. The number of hydrogen-bond donors (Lipinski definition) is 2. The van der Waals surface area contributed by atoms with Crippen molar-refractivity contribution in [3.63, 3.8) is 0 Å². The van der Waals surface area contributed by atoms with Crippen LogP contribution in [0.4, 0.5) is 11.4 Å². The first-order chi connectivity index (χ1) is 12.9. The molecule has 0 saturated heterocycles. The van der Waals surface area contributed by atoms with Gasteiger partial charge < -0.3 is 10.6 Å². The van der Waals surface area contributed by atoms with Gasteiger partial charge in [-0.3, -0.25) is 9.59 Å². The molecule has 0 aliphatic heterocycles. The zero-order chi connectivity index (χ0) is 19.8. The number of hydrogen-bond acceptors (Lipinski definition) is 3. The third-order valence-electron chi connectivity index (χ3n) is 4.13. The van der Waals surface area contributed by atoms with Gasteiger partial charge in [0.1, 0.15) is 0 Å². The standard InChI is InChI=1S/C21H25BrN2O2S/c1-14-9-10-17(12-18(14)22)23-20(26)13-27-11-5-8-19(25)24-21-15(2)6-4-7-16(21)3/h4,6-7,9-10,12H,5,8,11,13H2,1-3H3,(H,23,26)(H,24,25). The number of halogens is 1. The lowest BCUT2D eigenvalue weighted by molar-refractivity contribution is -0.116. The van der Waals surface area contributed by atoms with Crippen molar-refractivity contribution in [1.29, 1.82) is 0 Å². The molecular weight excluding hydrogens is 424 g/mol. The first kappa shape index (κ1) is 21.5. The summed E-state index contributed by atoms with van der Waals surface area (Å²) in [5.74, 6) is 1.13. The zero-order valence-electron chi connectivity index (χ0n) is 15.9. The molecule has 0 aliphatic rings. The molecule has 2 aromatic carbocycles. The highest BCUT2D eigenvalue weighted by Crippen LogP contribution is 2.21. The number of thioether (sulfide) groups is 1. The average Bonchev–Trinajstić information content (AvgIpc) is 2.61. The molecule has 0 spiro atoms. The van der Waals surface area contributed by atoms with Crippen molar-refractivity contribution in [2.45, 2.75) is 33.6 Å². The number of nitrogens with one attached hydrogen (secondary N) is 2. The maximum absolute atomic E-state index is 12.1.